The normalized spacial score (nSPS) is 18.4. The first kappa shape index (κ1) is 9.26. The minimum absolute atomic E-state index is 0.221. The molecule has 1 saturated carbocycles. The van der Waals surface area contributed by atoms with Gasteiger partial charge >= 0.3 is 5.97 Å². The number of ether oxygens (including phenoxy) is 2. The van der Waals surface area contributed by atoms with Crippen LogP contribution in [0.25, 0.3) is 0 Å². The van der Waals surface area contributed by atoms with Crippen molar-refractivity contribution in [3.05, 3.63) is 12.7 Å². The highest BCUT2D eigenvalue weighted by Gasteiger charge is 2.45. The topological polar surface area (TPSA) is 35.5 Å². The van der Waals surface area contributed by atoms with Gasteiger partial charge in [0.25, 0.3) is 0 Å². The summed E-state index contributed by atoms with van der Waals surface area (Å²) in [5.41, 5.74) is -0.221. The number of methoxy groups -OCH3 is 1. The fourth-order valence-corrected chi connectivity index (χ4v) is 1.09. The Kier molecular flexibility index (Phi) is 2.87. The van der Waals surface area contributed by atoms with E-state index in [9.17, 15) is 4.79 Å². The minimum atomic E-state index is -0.330. The highest BCUT2D eigenvalue weighted by molar-refractivity contribution is 5.81. The zero-order chi connectivity index (χ0) is 9.03. The second-order valence-electron chi connectivity index (χ2n) is 3.05. The molecule has 0 aromatic heterocycles. The summed E-state index contributed by atoms with van der Waals surface area (Å²) in [4.78, 5) is 10.8. The van der Waals surface area contributed by atoms with Gasteiger partial charge in [-0.05, 0) is 12.8 Å². The smallest absolute Gasteiger partial charge is 0.330 e. The fourth-order valence-electron chi connectivity index (χ4n) is 1.09. The van der Waals surface area contributed by atoms with Crippen molar-refractivity contribution in [3.8, 4) is 0 Å². The van der Waals surface area contributed by atoms with Crippen LogP contribution in [-0.4, -0.2) is 25.3 Å². The molecule has 12 heavy (non-hydrogen) atoms. The Morgan fingerprint density at radius 2 is 2.33 bits per heavy atom. The van der Waals surface area contributed by atoms with E-state index in [1.54, 1.807) is 7.11 Å². The molecule has 0 atom stereocenters. The zero-order valence-corrected chi connectivity index (χ0v) is 7.34. The van der Waals surface area contributed by atoms with Crippen LogP contribution in [-0.2, 0) is 14.3 Å². The summed E-state index contributed by atoms with van der Waals surface area (Å²) < 4.78 is 10.1. The van der Waals surface area contributed by atoms with Crippen LogP contribution in [0.2, 0.25) is 0 Å². The third-order valence-corrected chi connectivity index (χ3v) is 2.05. The van der Waals surface area contributed by atoms with Gasteiger partial charge in [0.15, 0.2) is 0 Å². The van der Waals surface area contributed by atoms with Crippen LogP contribution < -0.4 is 0 Å². The Labute approximate surface area is 72.4 Å². The van der Waals surface area contributed by atoms with Gasteiger partial charge in [-0.3, -0.25) is 0 Å². The van der Waals surface area contributed by atoms with E-state index in [4.69, 9.17) is 9.47 Å². The van der Waals surface area contributed by atoms with Crippen molar-refractivity contribution in [3.63, 3.8) is 0 Å². The van der Waals surface area contributed by atoms with Gasteiger partial charge < -0.3 is 9.47 Å². The van der Waals surface area contributed by atoms with Crippen LogP contribution in [0.3, 0.4) is 0 Å². The van der Waals surface area contributed by atoms with E-state index in [-0.39, 0.29) is 11.6 Å². The lowest BCUT2D eigenvalue weighted by Gasteiger charge is -2.14. The third-order valence-electron chi connectivity index (χ3n) is 2.05. The number of hydrogen-bond acceptors (Lipinski definition) is 3. The van der Waals surface area contributed by atoms with Crippen LogP contribution in [0.5, 0.6) is 0 Å². The molecular formula is C9H14O3. The average Bonchev–Trinajstić information content (AvgIpc) is 2.82. The van der Waals surface area contributed by atoms with Crippen LogP contribution >= 0.6 is 0 Å². The molecule has 3 heteroatoms. The first-order chi connectivity index (χ1) is 5.72. The number of hydrogen-bond donors (Lipinski definition) is 0. The summed E-state index contributed by atoms with van der Waals surface area (Å²) in [6.07, 6.45) is 3.90. The van der Waals surface area contributed by atoms with Gasteiger partial charge in [-0.15, -0.1) is 0 Å². The van der Waals surface area contributed by atoms with Crippen molar-refractivity contribution in [2.45, 2.75) is 24.9 Å². The molecule has 0 bridgehead atoms. The average molecular weight is 170 g/mol. The van der Waals surface area contributed by atoms with E-state index < -0.39 is 0 Å². The highest BCUT2D eigenvalue weighted by Crippen LogP contribution is 2.42. The van der Waals surface area contributed by atoms with Gasteiger partial charge in [0, 0.05) is 26.2 Å². The number of carbonyl (C=O) groups excluding carboxylic acids is 1. The maximum Gasteiger partial charge on any atom is 0.330 e. The van der Waals surface area contributed by atoms with Crippen LogP contribution in [0, 0.1) is 0 Å². The molecule has 0 spiro atoms. The van der Waals surface area contributed by atoms with E-state index in [0.29, 0.717) is 6.61 Å². The SMILES string of the molecule is C=CC(=O)OC1(CCOC)CC1. The molecule has 0 saturated heterocycles. The standard InChI is InChI=1S/C9H14O3/c1-3-8(10)12-9(4-5-9)6-7-11-2/h3H,1,4-7H2,2H3. The lowest BCUT2D eigenvalue weighted by molar-refractivity contribution is -0.145. The van der Waals surface area contributed by atoms with Gasteiger partial charge in [0.05, 0.1) is 0 Å². The predicted molar refractivity (Wildman–Crippen MR) is 44.7 cm³/mol. The minimum Gasteiger partial charge on any atom is -0.456 e. The van der Waals surface area contributed by atoms with Crippen molar-refractivity contribution >= 4 is 5.97 Å². The Hall–Kier alpha value is -0.830. The maximum absolute atomic E-state index is 10.8. The van der Waals surface area contributed by atoms with Crippen molar-refractivity contribution in [2.24, 2.45) is 0 Å². The predicted octanol–water partition coefficient (Wildman–Crippen LogP) is 1.28. The molecule has 0 aromatic rings. The van der Waals surface area contributed by atoms with Crippen molar-refractivity contribution in [1.82, 2.24) is 0 Å². The maximum atomic E-state index is 10.8. The molecule has 1 rings (SSSR count). The Morgan fingerprint density at radius 1 is 1.67 bits per heavy atom. The molecule has 1 aliphatic carbocycles. The first-order valence-corrected chi connectivity index (χ1v) is 4.07. The molecule has 3 nitrogen and oxygen atoms in total. The molecule has 1 aliphatic rings. The summed E-state index contributed by atoms with van der Waals surface area (Å²) in [5.74, 6) is -0.330. The molecule has 0 unspecified atom stereocenters. The monoisotopic (exact) mass is 170 g/mol. The molecule has 0 radical (unpaired) electrons. The van der Waals surface area contributed by atoms with E-state index >= 15 is 0 Å². The summed E-state index contributed by atoms with van der Waals surface area (Å²) in [7, 11) is 1.64. The number of rotatable bonds is 5. The van der Waals surface area contributed by atoms with Gasteiger partial charge in [-0.25, -0.2) is 4.79 Å². The summed E-state index contributed by atoms with van der Waals surface area (Å²) >= 11 is 0. The molecule has 68 valence electrons. The lowest BCUT2D eigenvalue weighted by Crippen LogP contribution is -2.19. The fraction of sp³-hybridized carbons (Fsp3) is 0.667. The summed E-state index contributed by atoms with van der Waals surface area (Å²) in [6.45, 7) is 3.99. The largest absolute Gasteiger partial charge is 0.456 e. The van der Waals surface area contributed by atoms with Crippen LogP contribution in [0.4, 0.5) is 0 Å². The quantitative estimate of drug-likeness (QED) is 0.460. The molecule has 0 heterocycles. The van der Waals surface area contributed by atoms with Crippen molar-refractivity contribution < 1.29 is 14.3 Å². The van der Waals surface area contributed by atoms with Gasteiger partial charge in [0.2, 0.25) is 0 Å². The molecule has 0 aliphatic heterocycles. The lowest BCUT2D eigenvalue weighted by atomic mass is 10.2. The first-order valence-electron chi connectivity index (χ1n) is 4.07. The van der Waals surface area contributed by atoms with Crippen molar-refractivity contribution in [2.75, 3.05) is 13.7 Å². The Bertz CT molecular complexity index is 182. The summed E-state index contributed by atoms with van der Waals surface area (Å²) in [5, 5.41) is 0. The molecule has 0 amide bonds. The Balaban J connectivity index is 2.29. The molecule has 1 fully saturated rings. The molecular weight excluding hydrogens is 156 g/mol. The van der Waals surface area contributed by atoms with E-state index in [1.165, 1.54) is 6.08 Å². The van der Waals surface area contributed by atoms with Crippen molar-refractivity contribution in [1.29, 1.82) is 0 Å². The second kappa shape index (κ2) is 3.72. The van der Waals surface area contributed by atoms with E-state index in [2.05, 4.69) is 6.58 Å². The molecule has 0 N–H and O–H groups in total. The Morgan fingerprint density at radius 3 is 2.75 bits per heavy atom. The summed E-state index contributed by atoms with van der Waals surface area (Å²) in [6, 6.07) is 0. The zero-order valence-electron chi connectivity index (χ0n) is 7.34. The van der Waals surface area contributed by atoms with Gasteiger partial charge in [-0.1, -0.05) is 6.58 Å². The third kappa shape index (κ3) is 2.34. The highest BCUT2D eigenvalue weighted by atomic mass is 16.6. The van der Waals surface area contributed by atoms with Gasteiger partial charge in [-0.2, -0.15) is 0 Å². The van der Waals surface area contributed by atoms with Gasteiger partial charge in [0.1, 0.15) is 5.60 Å². The number of carbonyl (C=O) groups is 1. The van der Waals surface area contributed by atoms with Crippen LogP contribution in [0.15, 0.2) is 12.7 Å². The molecule has 0 aromatic carbocycles. The van der Waals surface area contributed by atoms with E-state index in [0.717, 1.165) is 19.3 Å². The second-order valence-corrected chi connectivity index (χ2v) is 3.05. The van der Waals surface area contributed by atoms with E-state index in [1.807, 2.05) is 0 Å². The van der Waals surface area contributed by atoms with Crippen LogP contribution in [0.1, 0.15) is 19.3 Å². The number of esters is 1.